The first-order valence-corrected chi connectivity index (χ1v) is 5.34. The van der Waals surface area contributed by atoms with Gasteiger partial charge in [-0.1, -0.05) is 5.16 Å². The van der Waals surface area contributed by atoms with Crippen molar-refractivity contribution in [3.8, 4) is 0 Å². The van der Waals surface area contributed by atoms with Crippen LogP contribution < -0.4 is 16.4 Å². The van der Waals surface area contributed by atoms with Crippen LogP contribution in [0.5, 0.6) is 0 Å². The van der Waals surface area contributed by atoms with Crippen molar-refractivity contribution in [3.05, 3.63) is 35.7 Å². The van der Waals surface area contributed by atoms with E-state index in [0.29, 0.717) is 17.9 Å². The molecule has 2 aromatic rings. The molecular formula is C12H16N4O. The summed E-state index contributed by atoms with van der Waals surface area (Å²) in [6.07, 6.45) is 0. The van der Waals surface area contributed by atoms with Crippen LogP contribution in [0.1, 0.15) is 11.5 Å². The van der Waals surface area contributed by atoms with E-state index in [9.17, 15) is 0 Å². The van der Waals surface area contributed by atoms with Gasteiger partial charge >= 0.3 is 0 Å². The summed E-state index contributed by atoms with van der Waals surface area (Å²) in [5.74, 6) is 0.810. The van der Waals surface area contributed by atoms with Gasteiger partial charge in [0.15, 0.2) is 0 Å². The lowest BCUT2D eigenvalue weighted by Crippen LogP contribution is -2.16. The van der Waals surface area contributed by atoms with Crippen LogP contribution in [0.15, 0.2) is 28.8 Å². The van der Waals surface area contributed by atoms with Crippen LogP contribution >= 0.6 is 0 Å². The van der Waals surface area contributed by atoms with E-state index in [1.165, 1.54) is 0 Å². The largest absolute Gasteiger partial charge is 0.397 e. The van der Waals surface area contributed by atoms with E-state index in [1.807, 2.05) is 37.1 Å². The van der Waals surface area contributed by atoms with Crippen molar-refractivity contribution in [2.75, 3.05) is 23.4 Å². The zero-order valence-corrected chi connectivity index (χ0v) is 9.97. The molecule has 0 fully saturated rings. The Bertz CT molecular complexity index is 521. The van der Waals surface area contributed by atoms with E-state index in [4.69, 9.17) is 16.0 Å². The number of nitrogen functional groups attached to an aromatic ring is 2. The molecular weight excluding hydrogens is 216 g/mol. The molecule has 4 N–H and O–H groups in total. The van der Waals surface area contributed by atoms with E-state index >= 15 is 0 Å². The molecule has 0 unspecified atom stereocenters. The molecule has 90 valence electrons. The summed E-state index contributed by atoms with van der Waals surface area (Å²) in [6, 6.07) is 7.49. The van der Waals surface area contributed by atoms with Crippen molar-refractivity contribution in [2.24, 2.45) is 0 Å². The van der Waals surface area contributed by atoms with Crippen molar-refractivity contribution >= 4 is 17.1 Å². The van der Waals surface area contributed by atoms with Gasteiger partial charge < -0.3 is 20.9 Å². The minimum Gasteiger partial charge on any atom is -0.397 e. The molecule has 0 atom stereocenters. The molecule has 5 nitrogen and oxygen atoms in total. The summed E-state index contributed by atoms with van der Waals surface area (Å²) in [4.78, 5) is 2.03. The number of nitrogens with zero attached hydrogens (tertiary/aromatic N) is 2. The topological polar surface area (TPSA) is 81.3 Å². The molecule has 0 aliphatic heterocycles. The van der Waals surface area contributed by atoms with Crippen molar-refractivity contribution < 1.29 is 4.52 Å². The molecule has 1 heterocycles. The molecule has 1 aromatic carbocycles. The Labute approximate surface area is 100.0 Å². The number of nitrogens with two attached hydrogens (primary N) is 2. The molecule has 0 bridgehead atoms. The highest BCUT2D eigenvalue weighted by Gasteiger charge is 2.07. The monoisotopic (exact) mass is 232 g/mol. The number of aryl methyl sites for hydroxylation is 1. The van der Waals surface area contributed by atoms with Crippen LogP contribution in [0.25, 0.3) is 0 Å². The number of aromatic nitrogens is 1. The molecule has 0 spiro atoms. The smallest absolute Gasteiger partial charge is 0.133 e. The van der Waals surface area contributed by atoms with Gasteiger partial charge in [-0.15, -0.1) is 0 Å². The summed E-state index contributed by atoms with van der Waals surface area (Å²) in [5, 5.41) is 3.95. The summed E-state index contributed by atoms with van der Waals surface area (Å²) >= 11 is 0. The molecule has 0 aliphatic rings. The standard InChI is InChI=1S/C12H16N4O/c1-8-5-9(15-17-8)7-16(2)10-3-4-11(13)12(14)6-10/h3-6H,7,13-14H2,1-2H3. The lowest BCUT2D eigenvalue weighted by atomic mass is 10.2. The minimum absolute atomic E-state index is 0.589. The Kier molecular flexibility index (Phi) is 2.91. The highest BCUT2D eigenvalue weighted by molar-refractivity contribution is 5.69. The van der Waals surface area contributed by atoms with Gasteiger partial charge in [0.1, 0.15) is 11.5 Å². The fraction of sp³-hybridized carbons (Fsp3) is 0.250. The second-order valence-corrected chi connectivity index (χ2v) is 4.10. The van der Waals surface area contributed by atoms with Crippen LogP contribution in [-0.4, -0.2) is 12.2 Å². The fourth-order valence-corrected chi connectivity index (χ4v) is 1.63. The van der Waals surface area contributed by atoms with Gasteiger partial charge in [0.05, 0.1) is 17.9 Å². The van der Waals surface area contributed by atoms with Crippen molar-refractivity contribution in [1.82, 2.24) is 5.16 Å². The maximum Gasteiger partial charge on any atom is 0.133 e. The lowest BCUT2D eigenvalue weighted by Gasteiger charge is -2.18. The Hall–Kier alpha value is -2.17. The average Bonchev–Trinajstić information content (AvgIpc) is 2.68. The first kappa shape index (κ1) is 11.3. The quantitative estimate of drug-likeness (QED) is 0.788. The van der Waals surface area contributed by atoms with Gasteiger partial charge in [0, 0.05) is 18.8 Å². The number of rotatable bonds is 3. The molecule has 1 aromatic heterocycles. The molecule has 0 aliphatic carbocycles. The lowest BCUT2D eigenvalue weighted by molar-refractivity contribution is 0.390. The number of hydrogen-bond donors (Lipinski definition) is 2. The highest BCUT2D eigenvalue weighted by atomic mass is 16.5. The summed E-state index contributed by atoms with van der Waals surface area (Å²) in [5.41, 5.74) is 14.5. The minimum atomic E-state index is 0.589. The third-order valence-corrected chi connectivity index (χ3v) is 2.59. The third kappa shape index (κ3) is 2.50. The molecule has 0 radical (unpaired) electrons. The fourth-order valence-electron chi connectivity index (χ4n) is 1.63. The first-order valence-electron chi connectivity index (χ1n) is 5.34. The van der Waals surface area contributed by atoms with Crippen LogP contribution in [0, 0.1) is 6.92 Å². The Morgan fingerprint density at radius 1 is 1.24 bits per heavy atom. The predicted octanol–water partition coefficient (Wildman–Crippen LogP) is 1.78. The van der Waals surface area contributed by atoms with Gasteiger partial charge in [-0.25, -0.2) is 0 Å². The van der Waals surface area contributed by atoms with Gasteiger partial charge in [0.2, 0.25) is 0 Å². The van der Waals surface area contributed by atoms with E-state index in [-0.39, 0.29) is 0 Å². The van der Waals surface area contributed by atoms with Crippen molar-refractivity contribution in [1.29, 1.82) is 0 Å². The van der Waals surface area contributed by atoms with E-state index in [2.05, 4.69) is 5.16 Å². The maximum atomic E-state index is 5.77. The van der Waals surface area contributed by atoms with E-state index < -0.39 is 0 Å². The number of benzene rings is 1. The molecule has 0 saturated heterocycles. The van der Waals surface area contributed by atoms with Crippen LogP contribution in [-0.2, 0) is 6.54 Å². The molecule has 0 amide bonds. The predicted molar refractivity (Wildman–Crippen MR) is 68.6 cm³/mol. The van der Waals surface area contributed by atoms with E-state index in [0.717, 1.165) is 17.1 Å². The Morgan fingerprint density at radius 3 is 2.59 bits per heavy atom. The van der Waals surface area contributed by atoms with Gasteiger partial charge in [-0.2, -0.15) is 0 Å². The highest BCUT2D eigenvalue weighted by Crippen LogP contribution is 2.23. The first-order chi connectivity index (χ1) is 8.06. The Balaban J connectivity index is 2.14. The number of hydrogen-bond acceptors (Lipinski definition) is 5. The second kappa shape index (κ2) is 4.37. The summed E-state index contributed by atoms with van der Waals surface area (Å²) < 4.78 is 5.02. The molecule has 17 heavy (non-hydrogen) atoms. The summed E-state index contributed by atoms with van der Waals surface area (Å²) in [7, 11) is 1.97. The Morgan fingerprint density at radius 2 is 2.00 bits per heavy atom. The van der Waals surface area contributed by atoms with Crippen LogP contribution in [0.4, 0.5) is 17.1 Å². The zero-order chi connectivity index (χ0) is 12.4. The van der Waals surface area contributed by atoms with Gasteiger partial charge in [0.25, 0.3) is 0 Å². The third-order valence-electron chi connectivity index (χ3n) is 2.59. The average molecular weight is 232 g/mol. The molecule has 2 rings (SSSR count). The van der Waals surface area contributed by atoms with Crippen molar-refractivity contribution in [3.63, 3.8) is 0 Å². The van der Waals surface area contributed by atoms with Crippen LogP contribution in [0.2, 0.25) is 0 Å². The van der Waals surface area contributed by atoms with Crippen molar-refractivity contribution in [2.45, 2.75) is 13.5 Å². The number of anilines is 3. The second-order valence-electron chi connectivity index (χ2n) is 4.10. The van der Waals surface area contributed by atoms with Gasteiger partial charge in [-0.05, 0) is 25.1 Å². The zero-order valence-electron chi connectivity index (χ0n) is 9.97. The van der Waals surface area contributed by atoms with Crippen LogP contribution in [0.3, 0.4) is 0 Å². The molecule has 5 heteroatoms. The SMILES string of the molecule is Cc1cc(CN(C)c2ccc(N)c(N)c2)no1. The van der Waals surface area contributed by atoms with E-state index in [1.54, 1.807) is 6.07 Å². The normalized spacial score (nSPS) is 10.5. The summed E-state index contributed by atoms with van der Waals surface area (Å²) in [6.45, 7) is 2.54. The van der Waals surface area contributed by atoms with Gasteiger partial charge in [-0.3, -0.25) is 0 Å². The molecule has 0 saturated carbocycles. The maximum absolute atomic E-state index is 5.77.